The maximum atomic E-state index is 14.1. The van der Waals surface area contributed by atoms with Crippen molar-refractivity contribution < 1.29 is 14.0 Å². The van der Waals surface area contributed by atoms with Crippen molar-refractivity contribution in [1.82, 2.24) is 4.90 Å². The molecule has 4 nitrogen and oxygen atoms in total. The number of para-hydroxylation sites is 1. The van der Waals surface area contributed by atoms with Gasteiger partial charge in [-0.25, -0.2) is 4.39 Å². The average Bonchev–Trinajstić information content (AvgIpc) is 3.20. The molecule has 0 radical (unpaired) electrons. The molecule has 32 heavy (non-hydrogen) atoms. The molecule has 2 aliphatic heterocycles. The molecule has 1 atom stereocenters. The Bertz CT molecular complexity index is 1210. The van der Waals surface area contributed by atoms with Crippen LogP contribution in [0.3, 0.4) is 0 Å². The van der Waals surface area contributed by atoms with E-state index in [-0.39, 0.29) is 22.1 Å². The van der Waals surface area contributed by atoms with Crippen molar-refractivity contribution >= 4 is 29.3 Å². The van der Waals surface area contributed by atoms with Crippen LogP contribution >= 0.6 is 11.8 Å². The highest BCUT2D eigenvalue weighted by molar-refractivity contribution is 8.02. The highest BCUT2D eigenvalue weighted by atomic mass is 32.2. The van der Waals surface area contributed by atoms with Gasteiger partial charge in [0.15, 0.2) is 4.87 Å². The summed E-state index contributed by atoms with van der Waals surface area (Å²) in [6.07, 6.45) is 0. The Morgan fingerprint density at radius 1 is 1.00 bits per heavy atom. The minimum atomic E-state index is -1.18. The minimum Gasteiger partial charge on any atom is -0.310 e. The summed E-state index contributed by atoms with van der Waals surface area (Å²) < 4.78 is 13.6. The molecule has 0 aromatic heterocycles. The Balaban J connectivity index is 1.63. The van der Waals surface area contributed by atoms with Crippen molar-refractivity contribution in [3.8, 4) is 0 Å². The number of benzene rings is 3. The molecule has 2 aliphatic rings. The smallest absolute Gasteiger partial charge is 0.268 e. The van der Waals surface area contributed by atoms with Gasteiger partial charge in [-0.05, 0) is 43.7 Å². The first-order chi connectivity index (χ1) is 15.3. The van der Waals surface area contributed by atoms with E-state index < -0.39 is 10.7 Å². The van der Waals surface area contributed by atoms with Gasteiger partial charge in [0.05, 0.1) is 12.2 Å². The van der Waals surface area contributed by atoms with E-state index in [4.69, 9.17) is 0 Å². The molecule has 3 aromatic rings. The van der Waals surface area contributed by atoms with Crippen LogP contribution in [0, 0.1) is 5.82 Å². The van der Waals surface area contributed by atoms with Gasteiger partial charge >= 0.3 is 0 Å². The molecule has 162 valence electrons. The minimum absolute atomic E-state index is 0.136. The normalized spacial score (nSPS) is 21.3. The second-order valence-corrected chi connectivity index (χ2v) is 10.7. The number of rotatable bonds is 3. The van der Waals surface area contributed by atoms with E-state index in [1.807, 2.05) is 68.4 Å². The fourth-order valence-corrected chi connectivity index (χ4v) is 6.39. The van der Waals surface area contributed by atoms with Crippen LogP contribution in [0.4, 0.5) is 10.1 Å². The van der Waals surface area contributed by atoms with Gasteiger partial charge in [-0.1, -0.05) is 54.6 Å². The average molecular weight is 447 g/mol. The molecule has 0 N–H and O–H groups in total. The van der Waals surface area contributed by atoms with E-state index in [9.17, 15) is 14.0 Å². The summed E-state index contributed by atoms with van der Waals surface area (Å²) in [5.41, 5.74) is 2.87. The zero-order valence-corrected chi connectivity index (χ0v) is 18.7. The van der Waals surface area contributed by atoms with Crippen molar-refractivity contribution in [3.05, 3.63) is 101 Å². The molecule has 1 unspecified atom stereocenters. The molecule has 2 amide bonds. The zero-order chi connectivity index (χ0) is 22.5. The lowest BCUT2D eigenvalue weighted by Crippen LogP contribution is -2.50. The maximum Gasteiger partial charge on any atom is 0.268 e. The number of amides is 2. The molecule has 5 rings (SSSR count). The Labute approximate surface area is 191 Å². The lowest BCUT2D eigenvalue weighted by atomic mass is 10.0. The lowest BCUT2D eigenvalue weighted by Gasteiger charge is -2.33. The van der Waals surface area contributed by atoms with Crippen LogP contribution in [-0.2, 0) is 16.2 Å². The number of carbonyl (C=O) groups excluding carboxylic acids is 2. The van der Waals surface area contributed by atoms with E-state index in [2.05, 4.69) is 0 Å². The van der Waals surface area contributed by atoms with Gasteiger partial charge in [0.1, 0.15) is 5.82 Å². The largest absolute Gasteiger partial charge is 0.310 e. The summed E-state index contributed by atoms with van der Waals surface area (Å²) in [5, 5.41) is 0. The van der Waals surface area contributed by atoms with Crippen molar-refractivity contribution in [2.75, 3.05) is 11.4 Å². The van der Waals surface area contributed by atoms with Gasteiger partial charge in [0.25, 0.3) is 11.8 Å². The first-order valence-electron chi connectivity index (χ1n) is 10.5. The zero-order valence-electron chi connectivity index (χ0n) is 17.9. The predicted molar refractivity (Wildman–Crippen MR) is 125 cm³/mol. The van der Waals surface area contributed by atoms with Crippen LogP contribution in [0.15, 0.2) is 78.9 Å². The Morgan fingerprint density at radius 3 is 2.47 bits per heavy atom. The third kappa shape index (κ3) is 3.21. The molecule has 1 saturated heterocycles. The molecule has 1 spiro atoms. The topological polar surface area (TPSA) is 40.6 Å². The first kappa shape index (κ1) is 20.8. The van der Waals surface area contributed by atoms with Gasteiger partial charge in [-0.15, -0.1) is 11.8 Å². The molecule has 0 aliphatic carbocycles. The van der Waals surface area contributed by atoms with Crippen LogP contribution in [0.25, 0.3) is 0 Å². The van der Waals surface area contributed by atoms with Gasteiger partial charge in [-0.3, -0.25) is 9.59 Å². The molecule has 2 heterocycles. The van der Waals surface area contributed by atoms with E-state index in [0.29, 0.717) is 13.1 Å². The number of hydrogen-bond acceptors (Lipinski definition) is 3. The monoisotopic (exact) mass is 446 g/mol. The second kappa shape index (κ2) is 7.48. The lowest BCUT2D eigenvalue weighted by molar-refractivity contribution is -0.123. The van der Waals surface area contributed by atoms with Crippen LogP contribution in [-0.4, -0.2) is 28.0 Å². The summed E-state index contributed by atoms with van der Waals surface area (Å²) in [7, 11) is 0. The Morgan fingerprint density at radius 2 is 1.72 bits per heavy atom. The summed E-state index contributed by atoms with van der Waals surface area (Å²) in [6, 6.07) is 23.2. The van der Waals surface area contributed by atoms with Crippen LogP contribution < -0.4 is 4.90 Å². The van der Waals surface area contributed by atoms with Crippen molar-refractivity contribution in [2.45, 2.75) is 30.0 Å². The number of anilines is 1. The standard InChI is InChI=1S/C26H23FN2O2S/c1-25(2)17-29(23(30)19-11-8-12-20(27)15-19)26(32-25)21-13-6-7-14-22(21)28(24(26)31)16-18-9-4-3-5-10-18/h3-15H,16-17H2,1-2H3. The van der Waals surface area contributed by atoms with Gasteiger partial charge in [-0.2, -0.15) is 0 Å². The van der Waals surface area contributed by atoms with E-state index in [0.717, 1.165) is 16.8 Å². The third-order valence-electron chi connectivity index (χ3n) is 5.94. The second-order valence-electron chi connectivity index (χ2n) is 8.80. The Kier molecular flexibility index (Phi) is 4.86. The highest BCUT2D eigenvalue weighted by Gasteiger charge is 2.63. The summed E-state index contributed by atoms with van der Waals surface area (Å²) in [4.78, 5) is 30.0. The quantitative estimate of drug-likeness (QED) is 0.556. The molecule has 1 fully saturated rings. The molecule has 0 saturated carbocycles. The molecule has 3 aromatic carbocycles. The van der Waals surface area contributed by atoms with Crippen molar-refractivity contribution in [3.63, 3.8) is 0 Å². The third-order valence-corrected chi connectivity index (χ3v) is 7.53. The van der Waals surface area contributed by atoms with Crippen molar-refractivity contribution in [2.24, 2.45) is 0 Å². The van der Waals surface area contributed by atoms with Gasteiger partial charge in [0, 0.05) is 22.4 Å². The first-order valence-corrected chi connectivity index (χ1v) is 11.4. The predicted octanol–water partition coefficient (Wildman–Crippen LogP) is 5.19. The summed E-state index contributed by atoms with van der Waals surface area (Å²) in [6.45, 7) is 4.87. The molecular weight excluding hydrogens is 423 g/mol. The summed E-state index contributed by atoms with van der Waals surface area (Å²) >= 11 is 1.50. The number of thioether (sulfide) groups is 1. The maximum absolute atomic E-state index is 14.1. The fourth-order valence-electron chi connectivity index (χ4n) is 4.66. The number of hydrogen-bond donors (Lipinski definition) is 0. The molecular formula is C26H23FN2O2S. The van der Waals surface area contributed by atoms with Crippen LogP contribution in [0.5, 0.6) is 0 Å². The molecule has 6 heteroatoms. The van der Waals surface area contributed by atoms with Crippen LogP contribution in [0.1, 0.15) is 35.3 Å². The number of nitrogens with zero attached hydrogens (tertiary/aromatic N) is 2. The van der Waals surface area contributed by atoms with E-state index in [1.54, 1.807) is 15.9 Å². The molecule has 0 bridgehead atoms. The van der Waals surface area contributed by atoms with Gasteiger partial charge < -0.3 is 9.80 Å². The summed E-state index contributed by atoms with van der Waals surface area (Å²) in [5.74, 6) is -0.949. The van der Waals surface area contributed by atoms with E-state index >= 15 is 0 Å². The van der Waals surface area contributed by atoms with E-state index in [1.165, 1.54) is 30.0 Å². The fraction of sp³-hybridized carbons (Fsp3) is 0.231. The number of fused-ring (bicyclic) bond motifs is 2. The van der Waals surface area contributed by atoms with Gasteiger partial charge in [0.2, 0.25) is 0 Å². The Hall–Kier alpha value is -3.12. The SMILES string of the molecule is CC1(C)CN(C(=O)c2cccc(F)c2)C2(S1)C(=O)N(Cc1ccccc1)c1ccccc12. The highest BCUT2D eigenvalue weighted by Crippen LogP contribution is 2.60. The van der Waals surface area contributed by atoms with Crippen LogP contribution in [0.2, 0.25) is 0 Å². The van der Waals surface area contributed by atoms with Crippen molar-refractivity contribution in [1.29, 1.82) is 0 Å². The number of carbonyl (C=O) groups is 2. The number of halogens is 1.